The second-order valence-corrected chi connectivity index (χ2v) is 3.50. The molecule has 0 aliphatic rings. The van der Waals surface area contributed by atoms with E-state index >= 15 is 0 Å². The fourth-order valence-corrected chi connectivity index (χ4v) is 1.05. The summed E-state index contributed by atoms with van der Waals surface area (Å²) >= 11 is 0. The summed E-state index contributed by atoms with van der Waals surface area (Å²) in [6.07, 6.45) is -1.33. The Bertz CT molecular complexity index is 294. The summed E-state index contributed by atoms with van der Waals surface area (Å²) in [6, 6.07) is 0. The molecule has 79 valence electrons. The van der Waals surface area contributed by atoms with E-state index in [1.807, 2.05) is 0 Å². The quantitative estimate of drug-likeness (QED) is 0.403. The van der Waals surface area contributed by atoms with Crippen LogP contribution in [0.1, 0.15) is 6.42 Å². The number of rotatable bonds is 4. The maximum Gasteiger partial charge on any atom is 2.00 e. The average Bonchev–Trinajstić information content (AvgIpc) is 1.79. The summed E-state index contributed by atoms with van der Waals surface area (Å²) in [6.45, 7) is 0. The number of hydrogen-bond acceptors (Lipinski definition) is 6. The minimum absolute atomic E-state index is 0. The SMILES string of the molecule is O=C([O-])CC(C(=O)[O-])S(=O)(=O)O.[Cu+2]. The van der Waals surface area contributed by atoms with E-state index in [4.69, 9.17) is 4.55 Å². The van der Waals surface area contributed by atoms with Crippen molar-refractivity contribution in [2.75, 3.05) is 0 Å². The van der Waals surface area contributed by atoms with Crippen LogP contribution in [0.15, 0.2) is 0 Å². The first kappa shape index (κ1) is 14.9. The Morgan fingerprint density at radius 2 is 1.69 bits per heavy atom. The molecule has 1 radical (unpaired) electrons. The van der Waals surface area contributed by atoms with Gasteiger partial charge in [0, 0.05) is 12.4 Å². The second-order valence-electron chi connectivity index (χ2n) is 1.90. The largest absolute Gasteiger partial charge is 2.00 e. The van der Waals surface area contributed by atoms with Gasteiger partial charge in [-0.2, -0.15) is 8.42 Å². The van der Waals surface area contributed by atoms with E-state index < -0.39 is 33.7 Å². The van der Waals surface area contributed by atoms with Crippen LogP contribution in [-0.4, -0.2) is 30.2 Å². The van der Waals surface area contributed by atoms with Crippen LogP contribution in [-0.2, 0) is 36.8 Å². The Morgan fingerprint density at radius 1 is 1.31 bits per heavy atom. The van der Waals surface area contributed by atoms with Crippen molar-refractivity contribution in [1.82, 2.24) is 0 Å². The van der Waals surface area contributed by atoms with Crippen LogP contribution in [0.5, 0.6) is 0 Å². The van der Waals surface area contributed by atoms with Gasteiger partial charge in [0.1, 0.15) is 5.25 Å². The van der Waals surface area contributed by atoms with E-state index in [1.165, 1.54) is 0 Å². The Morgan fingerprint density at radius 3 is 1.77 bits per heavy atom. The van der Waals surface area contributed by atoms with Crippen molar-refractivity contribution in [3.05, 3.63) is 0 Å². The van der Waals surface area contributed by atoms with Crippen molar-refractivity contribution in [2.45, 2.75) is 11.7 Å². The first-order valence-corrected chi connectivity index (χ1v) is 4.12. The topological polar surface area (TPSA) is 135 Å². The second kappa shape index (κ2) is 5.18. The van der Waals surface area contributed by atoms with Gasteiger partial charge in [-0.05, 0) is 0 Å². The Balaban J connectivity index is 0. The molecule has 9 heteroatoms. The third-order valence-corrected chi connectivity index (χ3v) is 2.05. The first-order valence-electron chi connectivity index (χ1n) is 2.62. The first-order chi connectivity index (χ1) is 5.25. The molecule has 0 aromatic heterocycles. The Kier molecular flexibility index (Phi) is 5.92. The van der Waals surface area contributed by atoms with Crippen molar-refractivity contribution in [2.24, 2.45) is 0 Å². The van der Waals surface area contributed by atoms with Gasteiger partial charge in [-0.25, -0.2) is 0 Å². The zero-order valence-electron chi connectivity index (χ0n) is 5.89. The molecule has 7 nitrogen and oxygen atoms in total. The van der Waals surface area contributed by atoms with Crippen molar-refractivity contribution in [1.29, 1.82) is 0 Å². The number of carboxylic acids is 2. The maximum absolute atomic E-state index is 10.2. The van der Waals surface area contributed by atoms with Crippen molar-refractivity contribution in [3.63, 3.8) is 0 Å². The molecule has 0 rings (SSSR count). The van der Waals surface area contributed by atoms with E-state index in [0.29, 0.717) is 0 Å². The normalized spacial score (nSPS) is 12.7. The van der Waals surface area contributed by atoms with E-state index in [1.54, 1.807) is 0 Å². The number of aliphatic carboxylic acids is 2. The fourth-order valence-electron chi connectivity index (χ4n) is 0.462. The summed E-state index contributed by atoms with van der Waals surface area (Å²) in [5.74, 6) is -4.08. The number of hydrogen-bond donors (Lipinski definition) is 1. The smallest absolute Gasteiger partial charge is 0.550 e. The fraction of sp³-hybridized carbons (Fsp3) is 0.500. The molecule has 1 N–H and O–H groups in total. The molecule has 0 saturated carbocycles. The summed E-state index contributed by atoms with van der Waals surface area (Å²) < 4.78 is 28.5. The van der Waals surface area contributed by atoms with Crippen LogP contribution in [0.25, 0.3) is 0 Å². The van der Waals surface area contributed by atoms with Gasteiger partial charge in [0.25, 0.3) is 10.1 Å². The van der Waals surface area contributed by atoms with Crippen molar-refractivity contribution in [3.8, 4) is 0 Å². The van der Waals surface area contributed by atoms with Gasteiger partial charge in [0.05, 0.1) is 5.97 Å². The molecule has 0 aromatic rings. The van der Waals surface area contributed by atoms with E-state index in [2.05, 4.69) is 0 Å². The van der Waals surface area contributed by atoms with Crippen LogP contribution in [0.4, 0.5) is 0 Å². The van der Waals surface area contributed by atoms with E-state index in [9.17, 15) is 28.2 Å². The average molecular weight is 260 g/mol. The van der Waals surface area contributed by atoms with Crippen LogP contribution in [0.3, 0.4) is 0 Å². The zero-order chi connectivity index (χ0) is 9.94. The molecule has 0 saturated heterocycles. The molecule has 1 unspecified atom stereocenters. The van der Waals surface area contributed by atoms with Gasteiger partial charge in [0.2, 0.25) is 0 Å². The number of carboxylic acid groups (broad SMARTS) is 2. The van der Waals surface area contributed by atoms with Gasteiger partial charge in [-0.15, -0.1) is 0 Å². The Hall–Kier alpha value is -0.631. The molecule has 0 aromatic carbocycles. The van der Waals surface area contributed by atoms with E-state index in [-0.39, 0.29) is 17.1 Å². The summed E-state index contributed by atoms with van der Waals surface area (Å²) in [7, 11) is -4.94. The molecular weight excluding hydrogens is 256 g/mol. The molecule has 0 aliphatic heterocycles. The third-order valence-electron chi connectivity index (χ3n) is 0.975. The van der Waals surface area contributed by atoms with Crippen LogP contribution in [0.2, 0.25) is 0 Å². The minimum atomic E-state index is -4.94. The van der Waals surface area contributed by atoms with Crippen molar-refractivity contribution >= 4 is 22.1 Å². The van der Waals surface area contributed by atoms with E-state index in [0.717, 1.165) is 0 Å². The summed E-state index contributed by atoms with van der Waals surface area (Å²) in [5.41, 5.74) is 0. The Labute approximate surface area is 84.0 Å². The van der Waals surface area contributed by atoms with Crippen LogP contribution >= 0.6 is 0 Å². The molecule has 0 heterocycles. The molecule has 0 spiro atoms. The van der Waals surface area contributed by atoms with Crippen molar-refractivity contribution < 1.29 is 49.8 Å². The van der Waals surface area contributed by atoms with Crippen LogP contribution < -0.4 is 10.2 Å². The molecule has 13 heavy (non-hydrogen) atoms. The van der Waals surface area contributed by atoms with Gasteiger partial charge in [-0.1, -0.05) is 0 Å². The summed E-state index contributed by atoms with van der Waals surface area (Å²) in [4.78, 5) is 19.7. The minimum Gasteiger partial charge on any atom is -0.550 e. The predicted molar refractivity (Wildman–Crippen MR) is 30.0 cm³/mol. The maximum atomic E-state index is 10.2. The van der Waals surface area contributed by atoms with Gasteiger partial charge in [-0.3, -0.25) is 4.55 Å². The standard InChI is InChI=1S/C4H6O7S.Cu/c5-3(6)1-2(4(7)8)12(9,10)11;/h2H,1H2,(H,5,6)(H,7,8)(H,9,10,11);/q;+2/p-2. The summed E-state index contributed by atoms with van der Waals surface area (Å²) in [5, 5.41) is 17.3. The third kappa shape index (κ3) is 5.58. The monoisotopic (exact) mass is 259 g/mol. The molecule has 0 amide bonds. The molecule has 0 bridgehead atoms. The molecular formula is C4H4CuO7S. The molecule has 0 aliphatic carbocycles. The molecule has 1 atom stereocenters. The number of carbonyl (C=O) groups is 2. The van der Waals surface area contributed by atoms with Gasteiger partial charge in [0.15, 0.2) is 0 Å². The van der Waals surface area contributed by atoms with Crippen LogP contribution in [0, 0.1) is 0 Å². The zero-order valence-corrected chi connectivity index (χ0v) is 7.65. The van der Waals surface area contributed by atoms with Gasteiger partial charge < -0.3 is 19.8 Å². The predicted octanol–water partition coefficient (Wildman–Crippen LogP) is -3.87. The number of carbonyl (C=O) groups excluding carboxylic acids is 2. The van der Waals surface area contributed by atoms with Gasteiger partial charge >= 0.3 is 17.1 Å². The molecule has 0 fully saturated rings.